The molecule has 0 aliphatic rings. The van der Waals surface area contributed by atoms with Gasteiger partial charge in [-0.3, -0.25) is 4.79 Å². The summed E-state index contributed by atoms with van der Waals surface area (Å²) in [6, 6.07) is 18.0. The first-order valence-electron chi connectivity index (χ1n) is 8.18. The van der Waals surface area contributed by atoms with Gasteiger partial charge in [0.15, 0.2) is 4.80 Å². The van der Waals surface area contributed by atoms with E-state index in [1.165, 1.54) is 11.1 Å². The number of carbonyl (C=O) groups is 1. The Morgan fingerprint density at radius 2 is 1.80 bits per heavy atom. The topological polar surface area (TPSA) is 34.4 Å². The van der Waals surface area contributed by atoms with Crippen LogP contribution in [0.15, 0.2) is 59.6 Å². The second kappa shape index (κ2) is 5.97. The van der Waals surface area contributed by atoms with Crippen LogP contribution in [0, 0.1) is 13.8 Å². The van der Waals surface area contributed by atoms with Crippen LogP contribution in [0.2, 0.25) is 0 Å². The molecule has 0 atom stereocenters. The van der Waals surface area contributed by atoms with Gasteiger partial charge in [-0.05, 0) is 47.9 Å². The Morgan fingerprint density at radius 3 is 2.64 bits per heavy atom. The molecule has 0 aliphatic heterocycles. The van der Waals surface area contributed by atoms with Gasteiger partial charge in [0, 0.05) is 12.6 Å². The van der Waals surface area contributed by atoms with Crippen molar-refractivity contribution in [3.05, 3.63) is 76.1 Å². The Morgan fingerprint density at radius 1 is 1.04 bits per heavy atom. The molecule has 0 fully saturated rings. The molecule has 4 heteroatoms. The third kappa shape index (κ3) is 2.68. The van der Waals surface area contributed by atoms with Crippen molar-refractivity contribution in [2.45, 2.75) is 13.8 Å². The molecule has 124 valence electrons. The second-order valence-electron chi connectivity index (χ2n) is 6.32. The van der Waals surface area contributed by atoms with Crippen LogP contribution in [-0.4, -0.2) is 10.5 Å². The lowest BCUT2D eigenvalue weighted by molar-refractivity contribution is 0.0999. The highest BCUT2D eigenvalue weighted by molar-refractivity contribution is 7.16. The number of nitrogens with zero attached hydrogens (tertiary/aromatic N) is 2. The molecule has 3 nitrogen and oxygen atoms in total. The van der Waals surface area contributed by atoms with Gasteiger partial charge in [-0.2, -0.15) is 4.99 Å². The zero-order chi connectivity index (χ0) is 17.6. The number of fused-ring (bicyclic) bond motifs is 2. The van der Waals surface area contributed by atoms with E-state index >= 15 is 0 Å². The Labute approximate surface area is 149 Å². The minimum absolute atomic E-state index is 0.201. The van der Waals surface area contributed by atoms with Crippen molar-refractivity contribution in [1.29, 1.82) is 0 Å². The smallest absolute Gasteiger partial charge is 0.280 e. The minimum atomic E-state index is -0.201. The molecular weight excluding hydrogens is 328 g/mol. The van der Waals surface area contributed by atoms with E-state index in [0.29, 0.717) is 5.56 Å². The Bertz CT molecular complexity index is 1190. The molecule has 0 saturated carbocycles. The molecular formula is C21H18N2OS. The molecule has 0 unspecified atom stereocenters. The van der Waals surface area contributed by atoms with Gasteiger partial charge in [-0.15, -0.1) is 0 Å². The summed E-state index contributed by atoms with van der Waals surface area (Å²) in [5.74, 6) is -0.201. The predicted octanol–water partition coefficient (Wildman–Crippen LogP) is 4.75. The van der Waals surface area contributed by atoms with Crippen molar-refractivity contribution >= 4 is 38.2 Å². The molecule has 0 bridgehead atoms. The number of carbonyl (C=O) groups excluding carboxylic acids is 1. The zero-order valence-electron chi connectivity index (χ0n) is 14.4. The minimum Gasteiger partial charge on any atom is -0.319 e. The molecule has 0 spiro atoms. The maximum atomic E-state index is 12.8. The average Bonchev–Trinajstić information content (AvgIpc) is 2.90. The van der Waals surface area contributed by atoms with Crippen LogP contribution in [0.1, 0.15) is 21.5 Å². The summed E-state index contributed by atoms with van der Waals surface area (Å²) in [6.45, 7) is 4.18. The summed E-state index contributed by atoms with van der Waals surface area (Å²) in [6.07, 6.45) is 0. The number of amides is 1. The summed E-state index contributed by atoms with van der Waals surface area (Å²) >= 11 is 1.56. The molecule has 0 radical (unpaired) electrons. The second-order valence-corrected chi connectivity index (χ2v) is 7.32. The van der Waals surface area contributed by atoms with Gasteiger partial charge in [-0.1, -0.05) is 53.8 Å². The highest BCUT2D eigenvalue weighted by Gasteiger charge is 2.11. The zero-order valence-corrected chi connectivity index (χ0v) is 15.2. The van der Waals surface area contributed by atoms with Crippen LogP contribution in [-0.2, 0) is 7.05 Å². The molecule has 4 aromatic rings. The Kier molecular flexibility index (Phi) is 3.77. The highest BCUT2D eigenvalue weighted by Crippen LogP contribution is 2.23. The van der Waals surface area contributed by atoms with Crippen molar-refractivity contribution < 1.29 is 4.79 Å². The Hall–Kier alpha value is -2.72. The fraction of sp³-hybridized carbons (Fsp3) is 0.143. The van der Waals surface area contributed by atoms with Crippen LogP contribution in [0.4, 0.5) is 0 Å². The third-order valence-electron chi connectivity index (χ3n) is 4.45. The summed E-state index contributed by atoms with van der Waals surface area (Å²) in [5, 5.41) is 1.99. The summed E-state index contributed by atoms with van der Waals surface area (Å²) in [7, 11) is 1.97. The maximum absolute atomic E-state index is 12.8. The van der Waals surface area contributed by atoms with E-state index in [0.717, 1.165) is 25.8 Å². The van der Waals surface area contributed by atoms with Gasteiger partial charge >= 0.3 is 0 Å². The number of thiazole rings is 1. The van der Waals surface area contributed by atoms with Gasteiger partial charge in [-0.25, -0.2) is 0 Å². The maximum Gasteiger partial charge on any atom is 0.280 e. The first-order chi connectivity index (χ1) is 12.0. The van der Waals surface area contributed by atoms with Crippen molar-refractivity contribution in [2.75, 3.05) is 0 Å². The predicted molar refractivity (Wildman–Crippen MR) is 104 cm³/mol. The normalized spacial score (nSPS) is 12.2. The molecule has 0 saturated heterocycles. The molecule has 3 aromatic carbocycles. The summed E-state index contributed by atoms with van der Waals surface area (Å²) < 4.78 is 3.17. The number of benzene rings is 3. The highest BCUT2D eigenvalue weighted by atomic mass is 32.1. The lowest BCUT2D eigenvalue weighted by Crippen LogP contribution is -2.13. The van der Waals surface area contributed by atoms with Crippen molar-refractivity contribution in [1.82, 2.24) is 4.57 Å². The summed E-state index contributed by atoms with van der Waals surface area (Å²) in [4.78, 5) is 18.0. The Balaban J connectivity index is 1.91. The lowest BCUT2D eigenvalue weighted by Gasteiger charge is -2.03. The molecule has 4 rings (SSSR count). The number of hydrogen-bond acceptors (Lipinski definition) is 2. The third-order valence-corrected chi connectivity index (χ3v) is 5.53. The molecule has 25 heavy (non-hydrogen) atoms. The average molecular weight is 346 g/mol. The van der Waals surface area contributed by atoms with Crippen LogP contribution in [0.3, 0.4) is 0 Å². The monoisotopic (exact) mass is 346 g/mol. The first kappa shape index (κ1) is 15.8. The number of aryl methyl sites for hydroxylation is 3. The molecule has 1 amide bonds. The van der Waals surface area contributed by atoms with Gasteiger partial charge in [0.25, 0.3) is 5.91 Å². The van der Waals surface area contributed by atoms with Gasteiger partial charge in [0.2, 0.25) is 0 Å². The molecule has 1 heterocycles. The van der Waals surface area contributed by atoms with E-state index in [4.69, 9.17) is 0 Å². The van der Waals surface area contributed by atoms with Crippen molar-refractivity contribution in [3.63, 3.8) is 0 Å². The molecule has 1 aromatic heterocycles. The molecule has 0 aliphatic carbocycles. The quantitative estimate of drug-likeness (QED) is 0.490. The van der Waals surface area contributed by atoms with Crippen LogP contribution in [0.25, 0.3) is 21.0 Å². The first-order valence-corrected chi connectivity index (χ1v) is 9.00. The van der Waals surface area contributed by atoms with E-state index < -0.39 is 0 Å². The van der Waals surface area contributed by atoms with Crippen LogP contribution < -0.4 is 4.80 Å². The van der Waals surface area contributed by atoms with E-state index in [9.17, 15) is 4.79 Å². The van der Waals surface area contributed by atoms with Crippen LogP contribution >= 0.6 is 11.3 Å². The van der Waals surface area contributed by atoms with E-state index in [-0.39, 0.29) is 5.91 Å². The van der Waals surface area contributed by atoms with Crippen molar-refractivity contribution in [2.24, 2.45) is 12.0 Å². The lowest BCUT2D eigenvalue weighted by atomic mass is 10.0. The fourth-order valence-electron chi connectivity index (χ4n) is 3.35. The summed E-state index contributed by atoms with van der Waals surface area (Å²) in [5.41, 5.74) is 4.20. The standard InChI is InChI=1S/C21H18N2OS/c1-13-11-14(2)19-18(12-13)25-21(23(19)3)22-20(24)17-10-6-8-15-7-4-5-9-16(15)17/h4-12H,1-3H3. The van der Waals surface area contributed by atoms with Crippen LogP contribution in [0.5, 0.6) is 0 Å². The molecule has 0 N–H and O–H groups in total. The van der Waals surface area contributed by atoms with Gasteiger partial charge in [0.1, 0.15) is 0 Å². The van der Waals surface area contributed by atoms with E-state index in [1.807, 2.05) is 54.1 Å². The fourth-order valence-corrected chi connectivity index (χ4v) is 4.54. The van der Waals surface area contributed by atoms with Gasteiger partial charge < -0.3 is 4.57 Å². The van der Waals surface area contributed by atoms with E-state index in [2.05, 4.69) is 31.0 Å². The number of aromatic nitrogens is 1. The van der Waals surface area contributed by atoms with Gasteiger partial charge in [0.05, 0.1) is 10.2 Å². The van der Waals surface area contributed by atoms with E-state index in [1.54, 1.807) is 11.3 Å². The van der Waals surface area contributed by atoms with Crippen molar-refractivity contribution in [3.8, 4) is 0 Å². The SMILES string of the molecule is Cc1cc(C)c2c(c1)sc(=NC(=O)c1cccc3ccccc13)n2C. The number of hydrogen-bond donors (Lipinski definition) is 0. The largest absolute Gasteiger partial charge is 0.319 e. The number of rotatable bonds is 1.